The van der Waals surface area contributed by atoms with Gasteiger partial charge in [-0.05, 0) is 49.6 Å². The van der Waals surface area contributed by atoms with Gasteiger partial charge < -0.3 is 18.6 Å². The fourth-order valence-corrected chi connectivity index (χ4v) is 4.45. The highest BCUT2D eigenvalue weighted by atomic mass is 16.5. The SMILES string of the molecule is COc1cc2c(c(OC)c1OC)[C@@H](c1ccco1)N1CCCC[C@H]1C2. The first-order chi connectivity index (χ1) is 12.3. The summed E-state index contributed by atoms with van der Waals surface area (Å²) in [5, 5.41) is 0. The number of nitrogens with zero attached hydrogens (tertiary/aromatic N) is 1. The molecule has 3 heterocycles. The van der Waals surface area contributed by atoms with Crippen LogP contribution in [0.1, 0.15) is 42.2 Å². The standard InChI is InChI=1S/C20H25NO4/c1-22-16-12-13-11-14-7-4-5-9-21(14)18(15-8-6-10-25-15)17(13)20(24-3)19(16)23-2/h6,8,10,12,14,18H,4-5,7,9,11H2,1-3H3/t14-,18+/m0/s1. The molecule has 1 saturated heterocycles. The maximum absolute atomic E-state index is 5.84. The van der Waals surface area contributed by atoms with E-state index >= 15 is 0 Å². The second kappa shape index (κ2) is 6.64. The molecule has 0 spiro atoms. The summed E-state index contributed by atoms with van der Waals surface area (Å²) in [6.07, 6.45) is 6.47. The van der Waals surface area contributed by atoms with Crippen LogP contribution in [0.25, 0.3) is 0 Å². The van der Waals surface area contributed by atoms with Crippen LogP contribution in [0.15, 0.2) is 28.9 Å². The van der Waals surface area contributed by atoms with Crippen molar-refractivity contribution in [3.63, 3.8) is 0 Å². The highest BCUT2D eigenvalue weighted by molar-refractivity contribution is 5.62. The Morgan fingerprint density at radius 1 is 1.08 bits per heavy atom. The molecule has 0 bridgehead atoms. The Kier molecular flexibility index (Phi) is 4.34. The molecule has 2 aliphatic heterocycles. The average Bonchev–Trinajstić information content (AvgIpc) is 3.18. The maximum Gasteiger partial charge on any atom is 0.203 e. The van der Waals surface area contributed by atoms with Crippen molar-refractivity contribution in [2.45, 2.75) is 37.8 Å². The monoisotopic (exact) mass is 343 g/mol. The summed E-state index contributed by atoms with van der Waals surface area (Å²) in [4.78, 5) is 2.57. The summed E-state index contributed by atoms with van der Waals surface area (Å²) in [5.41, 5.74) is 2.41. The van der Waals surface area contributed by atoms with Gasteiger partial charge in [-0.3, -0.25) is 4.90 Å². The lowest BCUT2D eigenvalue weighted by atomic mass is 9.82. The molecule has 2 atom stereocenters. The third-order valence-electron chi connectivity index (χ3n) is 5.50. The molecule has 0 aliphatic carbocycles. The minimum absolute atomic E-state index is 0.0545. The van der Waals surface area contributed by atoms with E-state index in [0.717, 1.165) is 35.8 Å². The number of ether oxygens (including phenoxy) is 3. The van der Waals surface area contributed by atoms with Crippen LogP contribution in [-0.4, -0.2) is 38.8 Å². The van der Waals surface area contributed by atoms with Crippen LogP contribution in [0.2, 0.25) is 0 Å². The van der Waals surface area contributed by atoms with E-state index in [4.69, 9.17) is 18.6 Å². The predicted molar refractivity (Wildman–Crippen MR) is 94.7 cm³/mol. The molecular weight excluding hydrogens is 318 g/mol. The molecule has 25 heavy (non-hydrogen) atoms. The first-order valence-corrected chi connectivity index (χ1v) is 8.89. The summed E-state index contributed by atoms with van der Waals surface area (Å²) in [7, 11) is 5.02. The third-order valence-corrected chi connectivity index (χ3v) is 5.50. The number of methoxy groups -OCH3 is 3. The number of furan rings is 1. The number of hydrogen-bond acceptors (Lipinski definition) is 5. The van der Waals surface area contributed by atoms with Crippen LogP contribution in [0, 0.1) is 0 Å². The molecule has 1 aromatic heterocycles. The minimum Gasteiger partial charge on any atom is -0.493 e. The van der Waals surface area contributed by atoms with Crippen LogP contribution in [0.3, 0.4) is 0 Å². The van der Waals surface area contributed by atoms with Crippen molar-refractivity contribution in [1.29, 1.82) is 0 Å². The zero-order chi connectivity index (χ0) is 17.4. The van der Waals surface area contributed by atoms with Crippen molar-refractivity contribution in [2.24, 2.45) is 0 Å². The van der Waals surface area contributed by atoms with Gasteiger partial charge in [0.1, 0.15) is 5.76 Å². The zero-order valence-corrected chi connectivity index (χ0v) is 15.1. The molecule has 2 aliphatic rings. The first-order valence-electron chi connectivity index (χ1n) is 8.89. The van der Waals surface area contributed by atoms with Crippen molar-refractivity contribution in [3.05, 3.63) is 41.3 Å². The van der Waals surface area contributed by atoms with Gasteiger partial charge in [-0.2, -0.15) is 0 Å². The van der Waals surface area contributed by atoms with Crippen LogP contribution < -0.4 is 14.2 Å². The van der Waals surface area contributed by atoms with Gasteiger partial charge in [0.25, 0.3) is 0 Å². The normalized spacial score (nSPS) is 22.8. The number of fused-ring (bicyclic) bond motifs is 2. The molecule has 0 radical (unpaired) electrons. The van der Waals surface area contributed by atoms with Crippen molar-refractivity contribution in [3.8, 4) is 17.2 Å². The molecule has 2 aromatic rings. The molecule has 5 nitrogen and oxygen atoms in total. The number of rotatable bonds is 4. The Morgan fingerprint density at radius 2 is 1.92 bits per heavy atom. The fourth-order valence-electron chi connectivity index (χ4n) is 4.45. The van der Waals surface area contributed by atoms with Gasteiger partial charge in [0.15, 0.2) is 11.5 Å². The number of benzene rings is 1. The highest BCUT2D eigenvalue weighted by Gasteiger charge is 2.41. The Morgan fingerprint density at radius 3 is 2.60 bits per heavy atom. The Balaban J connectivity index is 1.95. The molecule has 0 amide bonds. The van der Waals surface area contributed by atoms with Gasteiger partial charge in [-0.25, -0.2) is 0 Å². The molecule has 0 unspecified atom stereocenters. The highest BCUT2D eigenvalue weighted by Crippen LogP contribution is 2.51. The average molecular weight is 343 g/mol. The smallest absolute Gasteiger partial charge is 0.203 e. The maximum atomic E-state index is 5.84. The number of piperidine rings is 1. The van der Waals surface area contributed by atoms with Crippen molar-refractivity contribution < 1.29 is 18.6 Å². The summed E-state index contributed by atoms with van der Waals surface area (Å²) in [6, 6.07) is 6.70. The molecule has 1 aromatic carbocycles. The molecule has 0 N–H and O–H groups in total. The quantitative estimate of drug-likeness (QED) is 0.845. The van der Waals surface area contributed by atoms with Gasteiger partial charge in [-0.15, -0.1) is 0 Å². The van der Waals surface area contributed by atoms with E-state index in [1.165, 1.54) is 24.8 Å². The Labute approximate surface area is 148 Å². The first kappa shape index (κ1) is 16.3. The summed E-state index contributed by atoms with van der Waals surface area (Å²) < 4.78 is 22.8. The van der Waals surface area contributed by atoms with E-state index in [2.05, 4.69) is 17.0 Å². The van der Waals surface area contributed by atoms with Crippen LogP contribution in [-0.2, 0) is 6.42 Å². The second-order valence-electron chi connectivity index (χ2n) is 6.73. The van der Waals surface area contributed by atoms with E-state index in [9.17, 15) is 0 Å². The van der Waals surface area contributed by atoms with E-state index < -0.39 is 0 Å². The van der Waals surface area contributed by atoms with Crippen LogP contribution in [0.4, 0.5) is 0 Å². The Hall–Kier alpha value is -2.14. The second-order valence-corrected chi connectivity index (χ2v) is 6.73. The molecule has 4 rings (SSSR count). The Bertz CT molecular complexity index is 741. The van der Waals surface area contributed by atoms with E-state index in [1.54, 1.807) is 27.6 Å². The van der Waals surface area contributed by atoms with E-state index in [1.807, 2.05) is 6.07 Å². The molecule has 5 heteroatoms. The summed E-state index contributed by atoms with van der Waals surface area (Å²) in [5.74, 6) is 3.08. The summed E-state index contributed by atoms with van der Waals surface area (Å²) in [6.45, 7) is 1.08. The minimum atomic E-state index is 0.0545. The van der Waals surface area contributed by atoms with Gasteiger partial charge in [0.05, 0.1) is 33.6 Å². The molecular formula is C20H25NO4. The summed E-state index contributed by atoms with van der Waals surface area (Å²) >= 11 is 0. The topological polar surface area (TPSA) is 44.1 Å². The van der Waals surface area contributed by atoms with Crippen molar-refractivity contribution in [2.75, 3.05) is 27.9 Å². The van der Waals surface area contributed by atoms with Gasteiger partial charge in [0.2, 0.25) is 5.75 Å². The lowest BCUT2D eigenvalue weighted by Crippen LogP contribution is -2.47. The van der Waals surface area contributed by atoms with Gasteiger partial charge >= 0.3 is 0 Å². The molecule has 0 saturated carbocycles. The van der Waals surface area contributed by atoms with Crippen molar-refractivity contribution in [1.82, 2.24) is 4.90 Å². The van der Waals surface area contributed by atoms with E-state index in [0.29, 0.717) is 11.8 Å². The molecule has 1 fully saturated rings. The lowest BCUT2D eigenvalue weighted by molar-refractivity contribution is 0.0868. The van der Waals surface area contributed by atoms with Crippen LogP contribution in [0.5, 0.6) is 17.2 Å². The fraction of sp³-hybridized carbons (Fsp3) is 0.500. The number of hydrogen-bond donors (Lipinski definition) is 0. The van der Waals surface area contributed by atoms with Crippen LogP contribution >= 0.6 is 0 Å². The largest absolute Gasteiger partial charge is 0.493 e. The van der Waals surface area contributed by atoms with Crippen molar-refractivity contribution >= 4 is 0 Å². The van der Waals surface area contributed by atoms with E-state index in [-0.39, 0.29) is 6.04 Å². The van der Waals surface area contributed by atoms with Gasteiger partial charge in [-0.1, -0.05) is 6.42 Å². The third kappa shape index (κ3) is 2.58. The zero-order valence-electron chi connectivity index (χ0n) is 15.1. The predicted octanol–water partition coefficient (Wildman–Crippen LogP) is 3.81. The molecule has 134 valence electrons. The lowest BCUT2D eigenvalue weighted by Gasteiger charge is -2.45. The van der Waals surface area contributed by atoms with Gasteiger partial charge in [0, 0.05) is 11.6 Å².